The zero-order chi connectivity index (χ0) is 17.6. The number of carbonyl (C=O) groups excluding carboxylic acids is 2. The molecule has 3 rings (SSSR count). The molecule has 25 heavy (non-hydrogen) atoms. The number of nitrogens with two attached hydrogens (primary N) is 1. The molecule has 1 saturated heterocycles. The minimum atomic E-state index is -0.562. The molecule has 1 unspecified atom stereocenters. The zero-order valence-electron chi connectivity index (χ0n) is 13.7. The third-order valence-corrected chi connectivity index (χ3v) is 5.08. The van der Waals surface area contributed by atoms with E-state index in [0.29, 0.717) is 29.5 Å². The van der Waals surface area contributed by atoms with Crippen LogP contribution in [0.5, 0.6) is 0 Å². The van der Waals surface area contributed by atoms with Crippen LogP contribution in [0.3, 0.4) is 0 Å². The zero-order valence-corrected chi connectivity index (χ0v) is 14.6. The molecule has 7 heteroatoms. The Bertz CT molecular complexity index is 727. The second-order valence-electron chi connectivity index (χ2n) is 5.98. The van der Waals surface area contributed by atoms with Gasteiger partial charge in [0.1, 0.15) is 0 Å². The van der Waals surface area contributed by atoms with E-state index in [9.17, 15) is 9.59 Å². The lowest BCUT2D eigenvalue weighted by Crippen LogP contribution is -2.44. The topological polar surface area (TPSA) is 93.5 Å². The average Bonchev–Trinajstić information content (AvgIpc) is 3.17. The second kappa shape index (κ2) is 8.24. The molecular formula is C18H21N3O3S. The highest BCUT2D eigenvalue weighted by atomic mass is 32.1. The number of rotatable bonds is 5. The van der Waals surface area contributed by atoms with Gasteiger partial charge in [0.15, 0.2) is 0 Å². The van der Waals surface area contributed by atoms with Gasteiger partial charge >= 0.3 is 0 Å². The first kappa shape index (κ1) is 17.6. The fourth-order valence-electron chi connectivity index (χ4n) is 2.79. The van der Waals surface area contributed by atoms with Crippen LogP contribution in [-0.4, -0.2) is 31.1 Å². The Hall–Kier alpha value is -2.22. The highest BCUT2D eigenvalue weighted by Crippen LogP contribution is 2.21. The van der Waals surface area contributed by atoms with Crippen molar-refractivity contribution < 1.29 is 14.3 Å². The van der Waals surface area contributed by atoms with Gasteiger partial charge in [-0.25, -0.2) is 0 Å². The van der Waals surface area contributed by atoms with E-state index in [-0.39, 0.29) is 17.7 Å². The number of hydrogen-bond donors (Lipinski definition) is 3. The van der Waals surface area contributed by atoms with Gasteiger partial charge in [-0.15, -0.1) is 11.3 Å². The van der Waals surface area contributed by atoms with Crippen LogP contribution in [0.1, 0.15) is 22.5 Å². The second-order valence-corrected chi connectivity index (χ2v) is 6.92. The standard InChI is InChI=1S/C18H21N3O3S/c19-16(12-6-8-24-9-7-12)18(23)21-14-4-1-3-13(11-14)20-17(22)15-5-2-10-25-15/h1-5,10-12,16H,6-9,19H2,(H,20,22)(H,21,23). The van der Waals surface area contributed by atoms with E-state index in [1.165, 1.54) is 11.3 Å². The molecule has 132 valence electrons. The van der Waals surface area contributed by atoms with Crippen LogP contribution >= 0.6 is 11.3 Å². The lowest BCUT2D eigenvalue weighted by atomic mass is 9.92. The molecule has 1 atom stereocenters. The smallest absolute Gasteiger partial charge is 0.265 e. The van der Waals surface area contributed by atoms with E-state index in [2.05, 4.69) is 10.6 Å². The number of thiophene rings is 1. The summed E-state index contributed by atoms with van der Waals surface area (Å²) in [5.74, 6) is -0.249. The van der Waals surface area contributed by atoms with Crippen LogP contribution in [-0.2, 0) is 9.53 Å². The molecule has 6 nitrogen and oxygen atoms in total. The highest BCUT2D eigenvalue weighted by Gasteiger charge is 2.26. The Morgan fingerprint density at radius 3 is 2.52 bits per heavy atom. The SMILES string of the molecule is NC(C(=O)Nc1cccc(NC(=O)c2cccs2)c1)C1CCOCC1. The molecule has 2 aromatic rings. The van der Waals surface area contributed by atoms with Crippen molar-refractivity contribution in [1.82, 2.24) is 0 Å². The van der Waals surface area contributed by atoms with Crippen molar-refractivity contribution in [3.05, 3.63) is 46.7 Å². The predicted octanol–water partition coefficient (Wildman–Crippen LogP) is 2.69. The van der Waals surface area contributed by atoms with Gasteiger partial charge in [0, 0.05) is 24.6 Å². The van der Waals surface area contributed by atoms with Crippen LogP contribution in [0.15, 0.2) is 41.8 Å². The van der Waals surface area contributed by atoms with Crippen LogP contribution in [0.4, 0.5) is 11.4 Å². The molecular weight excluding hydrogens is 338 g/mol. The summed E-state index contributed by atoms with van der Waals surface area (Å²) in [6, 6.07) is 10.1. The third kappa shape index (κ3) is 4.66. The van der Waals surface area contributed by atoms with Crippen LogP contribution in [0.25, 0.3) is 0 Å². The molecule has 1 aliphatic heterocycles. The summed E-state index contributed by atoms with van der Waals surface area (Å²) in [7, 11) is 0. The number of nitrogens with one attached hydrogen (secondary N) is 2. The van der Waals surface area contributed by atoms with Crippen molar-refractivity contribution in [2.75, 3.05) is 23.8 Å². The molecule has 1 aliphatic rings. The molecule has 0 saturated carbocycles. The molecule has 0 spiro atoms. The van der Waals surface area contributed by atoms with Gasteiger partial charge in [0.25, 0.3) is 5.91 Å². The fourth-order valence-corrected chi connectivity index (χ4v) is 3.41. The Morgan fingerprint density at radius 2 is 1.84 bits per heavy atom. The molecule has 2 heterocycles. The number of carbonyl (C=O) groups is 2. The van der Waals surface area contributed by atoms with Gasteiger partial charge in [-0.3, -0.25) is 9.59 Å². The summed E-state index contributed by atoms with van der Waals surface area (Å²) in [6.07, 6.45) is 1.59. The normalized spacial score (nSPS) is 16.2. The van der Waals surface area contributed by atoms with Crippen molar-refractivity contribution in [2.24, 2.45) is 11.7 Å². The number of amides is 2. The lowest BCUT2D eigenvalue weighted by molar-refractivity contribution is -0.119. The number of ether oxygens (including phenoxy) is 1. The molecule has 4 N–H and O–H groups in total. The fraction of sp³-hybridized carbons (Fsp3) is 0.333. The van der Waals surface area contributed by atoms with Crippen molar-refractivity contribution in [3.8, 4) is 0 Å². The lowest BCUT2D eigenvalue weighted by Gasteiger charge is -2.26. The number of anilines is 2. The maximum Gasteiger partial charge on any atom is 0.265 e. The molecule has 0 aliphatic carbocycles. The molecule has 0 bridgehead atoms. The first-order valence-electron chi connectivity index (χ1n) is 8.22. The molecule has 0 radical (unpaired) electrons. The molecule has 1 aromatic heterocycles. The predicted molar refractivity (Wildman–Crippen MR) is 98.9 cm³/mol. The Kier molecular flexibility index (Phi) is 5.80. The van der Waals surface area contributed by atoms with E-state index < -0.39 is 6.04 Å². The average molecular weight is 359 g/mol. The maximum atomic E-state index is 12.4. The number of benzene rings is 1. The summed E-state index contributed by atoms with van der Waals surface area (Å²) in [5, 5.41) is 7.51. The van der Waals surface area contributed by atoms with Crippen molar-refractivity contribution >= 4 is 34.5 Å². The van der Waals surface area contributed by atoms with Crippen molar-refractivity contribution in [3.63, 3.8) is 0 Å². The van der Waals surface area contributed by atoms with E-state index >= 15 is 0 Å². The van der Waals surface area contributed by atoms with Crippen molar-refractivity contribution in [2.45, 2.75) is 18.9 Å². The molecule has 1 aromatic carbocycles. The van der Waals surface area contributed by atoms with E-state index in [1.807, 2.05) is 11.4 Å². The van der Waals surface area contributed by atoms with E-state index in [0.717, 1.165) is 12.8 Å². The van der Waals surface area contributed by atoms with Gasteiger partial charge in [-0.2, -0.15) is 0 Å². The third-order valence-electron chi connectivity index (χ3n) is 4.21. The number of hydrogen-bond acceptors (Lipinski definition) is 5. The van der Waals surface area contributed by atoms with Gasteiger partial charge in [-0.05, 0) is 48.4 Å². The minimum Gasteiger partial charge on any atom is -0.381 e. The Labute approximate surface area is 150 Å². The summed E-state index contributed by atoms with van der Waals surface area (Å²) in [5.41, 5.74) is 7.32. The maximum absolute atomic E-state index is 12.4. The van der Waals surface area contributed by atoms with Crippen LogP contribution in [0, 0.1) is 5.92 Å². The van der Waals surface area contributed by atoms with E-state index in [4.69, 9.17) is 10.5 Å². The van der Waals surface area contributed by atoms with Gasteiger partial charge in [0.05, 0.1) is 10.9 Å². The largest absolute Gasteiger partial charge is 0.381 e. The highest BCUT2D eigenvalue weighted by molar-refractivity contribution is 7.12. The van der Waals surface area contributed by atoms with Gasteiger partial charge in [-0.1, -0.05) is 12.1 Å². The first-order chi connectivity index (χ1) is 12.1. The Balaban J connectivity index is 1.61. The monoisotopic (exact) mass is 359 g/mol. The van der Waals surface area contributed by atoms with Gasteiger partial charge in [0.2, 0.25) is 5.91 Å². The molecule has 2 amide bonds. The molecule has 1 fully saturated rings. The van der Waals surface area contributed by atoms with Crippen LogP contribution in [0.2, 0.25) is 0 Å². The summed E-state index contributed by atoms with van der Waals surface area (Å²) >= 11 is 1.38. The summed E-state index contributed by atoms with van der Waals surface area (Å²) < 4.78 is 5.30. The summed E-state index contributed by atoms with van der Waals surface area (Å²) in [6.45, 7) is 1.30. The Morgan fingerprint density at radius 1 is 1.12 bits per heavy atom. The van der Waals surface area contributed by atoms with E-state index in [1.54, 1.807) is 30.3 Å². The summed E-state index contributed by atoms with van der Waals surface area (Å²) in [4.78, 5) is 25.1. The quantitative estimate of drug-likeness (QED) is 0.765. The van der Waals surface area contributed by atoms with Crippen molar-refractivity contribution in [1.29, 1.82) is 0 Å². The first-order valence-corrected chi connectivity index (χ1v) is 9.10. The van der Waals surface area contributed by atoms with Crippen LogP contribution < -0.4 is 16.4 Å². The minimum absolute atomic E-state index is 0.135. The van der Waals surface area contributed by atoms with Gasteiger partial charge < -0.3 is 21.1 Å².